The van der Waals surface area contributed by atoms with Crippen molar-refractivity contribution in [1.29, 1.82) is 0 Å². The Morgan fingerprint density at radius 1 is 0.642 bits per heavy atom. The van der Waals surface area contributed by atoms with E-state index < -0.39 is 11.2 Å². The summed E-state index contributed by atoms with van der Waals surface area (Å²) in [5.41, 5.74) is 0.254. The van der Waals surface area contributed by atoms with Gasteiger partial charge in [0.2, 0.25) is 0 Å². The third-order valence-electron chi connectivity index (χ3n) is 19.6. The molecule has 5 unspecified atom stereocenters. The molecule has 2 aliphatic heterocycles. The number of rotatable bonds is 2. The van der Waals surface area contributed by atoms with E-state index in [4.69, 9.17) is 9.47 Å². The van der Waals surface area contributed by atoms with Crippen LogP contribution in [0.5, 0.6) is 0 Å². The van der Waals surface area contributed by atoms with Crippen LogP contribution in [-0.4, -0.2) is 77.2 Å². The first kappa shape index (κ1) is 39.7. The van der Waals surface area contributed by atoms with Gasteiger partial charge in [-0.25, -0.2) is 0 Å². The van der Waals surface area contributed by atoms with Crippen LogP contribution in [-0.2, 0) is 14.3 Å². The first-order chi connectivity index (χ1) is 25.0. The molecule has 6 nitrogen and oxygen atoms in total. The third-order valence-corrected chi connectivity index (χ3v) is 19.6. The van der Waals surface area contributed by atoms with E-state index in [0.29, 0.717) is 63.8 Å². The quantitative estimate of drug-likeness (QED) is 0.244. The Bertz CT molecular complexity index is 1380. The van der Waals surface area contributed by atoms with Gasteiger partial charge in [0, 0.05) is 16.7 Å². The minimum atomic E-state index is -0.497. The summed E-state index contributed by atoms with van der Waals surface area (Å²) in [6.45, 7) is 19.0. The standard InChI is InChI=1S/C22H36O3.C22H34O3.C2H7P/c2*1-13(23)15-4-5-16-14-10-19-18-11-20(2,24)8-9-22(18,12-25-19)17(14)6-7-21(15,16)3;1-3-2/h13-19,23-24H,4-12H2,1-3H3;14-19,24H,4-12H2,1-3H3;3H,1-2H3/t13?,14-,15+,16-,17?,18?,19+,20+,21+,22-;14-,15+,16-,17?,18?,19+,20+,21+,22-;/m00./s1. The van der Waals surface area contributed by atoms with E-state index in [9.17, 15) is 20.1 Å². The number of hydrogen-bond acceptors (Lipinski definition) is 6. The van der Waals surface area contributed by atoms with E-state index in [1.54, 1.807) is 0 Å². The number of aliphatic hydroxyl groups is 3. The zero-order valence-electron chi connectivity index (χ0n) is 34.8. The summed E-state index contributed by atoms with van der Waals surface area (Å²) in [6.07, 6.45) is 19.0. The van der Waals surface area contributed by atoms with Gasteiger partial charge in [0.15, 0.2) is 0 Å². The zero-order valence-corrected chi connectivity index (χ0v) is 35.8. The predicted octanol–water partition coefficient (Wildman–Crippen LogP) is 8.66. The summed E-state index contributed by atoms with van der Waals surface area (Å²) < 4.78 is 12.8. The Balaban J connectivity index is 0.000000141. The molecular formula is C46H77O6P. The summed E-state index contributed by atoms with van der Waals surface area (Å²) >= 11 is 0. The molecule has 8 aliphatic carbocycles. The number of Topliss-reactive ketones (excluding diaryl/α,β-unsaturated/α-hetero) is 1. The molecule has 0 aromatic rings. The fraction of sp³-hybridized carbons (Fsp3) is 0.978. The lowest BCUT2D eigenvalue weighted by molar-refractivity contribution is -0.143. The second kappa shape index (κ2) is 13.7. The molecule has 0 aromatic heterocycles. The maximum absolute atomic E-state index is 12.3. The number of hydrogen-bond donors (Lipinski definition) is 3. The van der Waals surface area contributed by atoms with Crippen LogP contribution in [0.1, 0.15) is 144 Å². The van der Waals surface area contributed by atoms with Crippen molar-refractivity contribution in [3.63, 3.8) is 0 Å². The van der Waals surface area contributed by atoms with E-state index in [-0.39, 0.29) is 11.5 Å². The molecule has 0 aromatic carbocycles. The number of aliphatic hydroxyl groups excluding tert-OH is 1. The first-order valence-electron chi connectivity index (χ1n) is 22.4. The van der Waals surface area contributed by atoms with Gasteiger partial charge in [-0.1, -0.05) is 13.8 Å². The van der Waals surface area contributed by atoms with Crippen LogP contribution in [0.3, 0.4) is 0 Å². The van der Waals surface area contributed by atoms with Crippen molar-refractivity contribution in [1.82, 2.24) is 0 Å². The molecule has 2 saturated heterocycles. The van der Waals surface area contributed by atoms with Crippen molar-refractivity contribution in [2.45, 2.75) is 174 Å². The van der Waals surface area contributed by atoms with Gasteiger partial charge in [0.05, 0.1) is 42.7 Å². The lowest BCUT2D eigenvalue weighted by Gasteiger charge is -2.60. The fourth-order valence-corrected chi connectivity index (χ4v) is 17.3. The molecule has 302 valence electrons. The highest BCUT2D eigenvalue weighted by atomic mass is 31.1. The average Bonchev–Trinajstić information content (AvgIpc) is 3.77. The fourth-order valence-electron chi connectivity index (χ4n) is 17.3. The van der Waals surface area contributed by atoms with Crippen LogP contribution in [0.15, 0.2) is 0 Å². The molecule has 8 saturated carbocycles. The lowest BCUT2D eigenvalue weighted by Crippen LogP contribution is -2.58. The summed E-state index contributed by atoms with van der Waals surface area (Å²) in [5.74, 6) is 6.91. The van der Waals surface area contributed by atoms with Crippen LogP contribution >= 0.6 is 8.58 Å². The maximum Gasteiger partial charge on any atom is 0.133 e. The molecule has 10 rings (SSSR count). The monoisotopic (exact) mass is 757 g/mol. The molecule has 0 spiro atoms. The first-order valence-corrected chi connectivity index (χ1v) is 24.4. The van der Waals surface area contributed by atoms with E-state index in [0.717, 1.165) is 96.3 Å². The largest absolute Gasteiger partial charge is 0.393 e. The second-order valence-electron chi connectivity index (χ2n) is 22.3. The molecule has 0 radical (unpaired) electrons. The van der Waals surface area contributed by atoms with Crippen LogP contribution in [0.2, 0.25) is 0 Å². The number of ketones is 1. The molecule has 3 N–H and O–H groups in total. The molecule has 10 aliphatic rings. The highest BCUT2D eigenvalue weighted by Crippen LogP contribution is 2.72. The van der Waals surface area contributed by atoms with Crippen molar-refractivity contribution < 1.29 is 29.6 Å². The van der Waals surface area contributed by atoms with Crippen molar-refractivity contribution >= 4 is 14.4 Å². The smallest absolute Gasteiger partial charge is 0.133 e. The van der Waals surface area contributed by atoms with Crippen LogP contribution in [0.25, 0.3) is 0 Å². The van der Waals surface area contributed by atoms with Crippen LogP contribution in [0, 0.1) is 80.8 Å². The summed E-state index contributed by atoms with van der Waals surface area (Å²) in [4.78, 5) is 12.3. The Kier molecular flexibility index (Phi) is 10.3. The van der Waals surface area contributed by atoms with Gasteiger partial charge in [-0.2, -0.15) is 0 Å². The molecule has 2 heterocycles. The number of carbonyl (C=O) groups is 1. The molecule has 4 bridgehead atoms. The van der Waals surface area contributed by atoms with Gasteiger partial charge in [0.1, 0.15) is 5.78 Å². The number of ether oxygens (including phenoxy) is 2. The normalized spacial score (nSPS) is 57.5. The topological polar surface area (TPSA) is 96.2 Å². The van der Waals surface area contributed by atoms with Crippen molar-refractivity contribution in [3.8, 4) is 0 Å². The molecule has 0 amide bonds. The molecule has 10 fully saturated rings. The Morgan fingerprint density at radius 2 is 1.09 bits per heavy atom. The minimum absolute atomic E-state index is 0.168. The van der Waals surface area contributed by atoms with E-state index >= 15 is 0 Å². The Morgan fingerprint density at radius 3 is 1.57 bits per heavy atom. The van der Waals surface area contributed by atoms with Crippen molar-refractivity contribution in [3.05, 3.63) is 0 Å². The summed E-state index contributed by atoms with van der Waals surface area (Å²) in [7, 11) is 1.08. The highest BCUT2D eigenvalue weighted by Gasteiger charge is 2.69. The molecule has 19 atom stereocenters. The van der Waals surface area contributed by atoms with E-state index in [1.807, 2.05) is 27.7 Å². The molecule has 53 heavy (non-hydrogen) atoms. The number of fused-ring (bicyclic) bond motifs is 6. The lowest BCUT2D eigenvalue weighted by atomic mass is 9.44. The van der Waals surface area contributed by atoms with Crippen molar-refractivity contribution in [2.75, 3.05) is 26.5 Å². The van der Waals surface area contributed by atoms with Gasteiger partial charge >= 0.3 is 0 Å². The van der Waals surface area contributed by atoms with Crippen LogP contribution < -0.4 is 0 Å². The molecular weight excluding hydrogens is 679 g/mol. The third kappa shape index (κ3) is 6.07. The number of carbonyl (C=O) groups excluding carboxylic acids is 1. The van der Waals surface area contributed by atoms with Gasteiger partial charge < -0.3 is 24.8 Å². The van der Waals surface area contributed by atoms with Gasteiger partial charge in [-0.15, -0.1) is 8.58 Å². The maximum atomic E-state index is 12.3. The second-order valence-corrected chi connectivity index (χ2v) is 23.3. The summed E-state index contributed by atoms with van der Waals surface area (Å²) in [6, 6.07) is 0. The minimum Gasteiger partial charge on any atom is -0.393 e. The Hall–Kier alpha value is -0.1000. The summed E-state index contributed by atoms with van der Waals surface area (Å²) in [5, 5.41) is 31.7. The van der Waals surface area contributed by atoms with E-state index in [2.05, 4.69) is 27.2 Å². The predicted molar refractivity (Wildman–Crippen MR) is 213 cm³/mol. The highest BCUT2D eigenvalue weighted by molar-refractivity contribution is 7.35. The zero-order chi connectivity index (χ0) is 37.9. The SMILES string of the molecule is CC(=O)[C@H]1CC[C@H]2[C@@H]3C[C@H]4OC[C@@]5(CC[C@@](C)(O)CC45)C3CC[C@]12C.CC(O)[C@H]1CC[C@H]2[C@@H]3C[C@H]4OC[C@@]5(CC[C@@](C)(O)CC45)C3CC[C@]12C.CPC. The average molecular weight is 757 g/mol. The van der Waals surface area contributed by atoms with Gasteiger partial charge in [-0.05, 0) is 208 Å². The molecule has 7 heteroatoms. The van der Waals surface area contributed by atoms with Gasteiger partial charge in [0.25, 0.3) is 0 Å². The van der Waals surface area contributed by atoms with Crippen LogP contribution in [0.4, 0.5) is 0 Å². The van der Waals surface area contributed by atoms with Crippen molar-refractivity contribution in [2.24, 2.45) is 80.8 Å². The van der Waals surface area contributed by atoms with Gasteiger partial charge in [-0.3, -0.25) is 4.79 Å². The van der Waals surface area contributed by atoms with E-state index in [1.165, 1.54) is 57.8 Å². The Labute approximate surface area is 324 Å².